The summed E-state index contributed by atoms with van der Waals surface area (Å²) in [5.41, 5.74) is 2.40. The molecule has 2 aromatic rings. The minimum atomic E-state index is 0.345. The predicted molar refractivity (Wildman–Crippen MR) is 86.3 cm³/mol. The highest BCUT2D eigenvalue weighted by molar-refractivity contribution is 5.45. The molecule has 1 N–H and O–H groups in total. The molecule has 0 heterocycles. The summed E-state index contributed by atoms with van der Waals surface area (Å²) >= 11 is 0. The molecule has 1 atom stereocenters. The van der Waals surface area contributed by atoms with E-state index in [1.165, 1.54) is 5.56 Å². The van der Waals surface area contributed by atoms with Crippen LogP contribution in [0.3, 0.4) is 0 Å². The molecule has 2 rings (SSSR count). The second-order valence-electron chi connectivity index (χ2n) is 5.10. The SMILES string of the molecule is CCNC(C)c1ccc(Oc2ccc(C)cc2OC)cc1. The lowest BCUT2D eigenvalue weighted by molar-refractivity contribution is 0.378. The summed E-state index contributed by atoms with van der Waals surface area (Å²) in [5.74, 6) is 2.29. The van der Waals surface area contributed by atoms with Gasteiger partial charge in [-0.25, -0.2) is 0 Å². The molecule has 0 bridgehead atoms. The third-order valence-corrected chi connectivity index (χ3v) is 3.44. The molecule has 0 aliphatic heterocycles. The summed E-state index contributed by atoms with van der Waals surface area (Å²) < 4.78 is 11.3. The van der Waals surface area contributed by atoms with Crippen molar-refractivity contribution in [2.75, 3.05) is 13.7 Å². The van der Waals surface area contributed by atoms with E-state index in [0.29, 0.717) is 6.04 Å². The Balaban J connectivity index is 2.13. The number of hydrogen-bond acceptors (Lipinski definition) is 3. The van der Waals surface area contributed by atoms with Gasteiger partial charge in [-0.05, 0) is 55.8 Å². The number of ether oxygens (including phenoxy) is 2. The van der Waals surface area contributed by atoms with Crippen molar-refractivity contribution >= 4 is 0 Å². The zero-order valence-electron chi connectivity index (χ0n) is 13.1. The molecule has 0 fully saturated rings. The van der Waals surface area contributed by atoms with Crippen molar-refractivity contribution in [2.24, 2.45) is 0 Å². The monoisotopic (exact) mass is 285 g/mol. The van der Waals surface area contributed by atoms with Crippen molar-refractivity contribution in [3.63, 3.8) is 0 Å². The Kier molecular flexibility index (Phi) is 5.23. The van der Waals surface area contributed by atoms with Crippen molar-refractivity contribution in [2.45, 2.75) is 26.8 Å². The van der Waals surface area contributed by atoms with Crippen LogP contribution in [-0.2, 0) is 0 Å². The van der Waals surface area contributed by atoms with Crippen LogP contribution in [-0.4, -0.2) is 13.7 Å². The summed E-state index contributed by atoms with van der Waals surface area (Å²) in [7, 11) is 1.66. The normalized spacial score (nSPS) is 12.0. The van der Waals surface area contributed by atoms with Crippen molar-refractivity contribution in [1.29, 1.82) is 0 Å². The summed E-state index contributed by atoms with van der Waals surface area (Å²) in [6.07, 6.45) is 0. The van der Waals surface area contributed by atoms with Crippen LogP contribution in [0, 0.1) is 6.92 Å². The van der Waals surface area contributed by atoms with Crippen molar-refractivity contribution in [3.05, 3.63) is 53.6 Å². The molecule has 0 spiro atoms. The number of benzene rings is 2. The second kappa shape index (κ2) is 7.14. The van der Waals surface area contributed by atoms with Crippen molar-refractivity contribution in [1.82, 2.24) is 5.32 Å². The zero-order chi connectivity index (χ0) is 15.2. The zero-order valence-corrected chi connectivity index (χ0v) is 13.1. The van der Waals surface area contributed by atoms with Crippen LogP contribution in [0.1, 0.15) is 31.0 Å². The van der Waals surface area contributed by atoms with Gasteiger partial charge in [-0.2, -0.15) is 0 Å². The maximum absolute atomic E-state index is 5.90. The van der Waals surface area contributed by atoms with Crippen LogP contribution in [0.25, 0.3) is 0 Å². The van der Waals surface area contributed by atoms with Crippen LogP contribution in [0.15, 0.2) is 42.5 Å². The fraction of sp³-hybridized carbons (Fsp3) is 0.333. The highest BCUT2D eigenvalue weighted by Gasteiger charge is 2.07. The van der Waals surface area contributed by atoms with E-state index in [1.54, 1.807) is 7.11 Å². The third kappa shape index (κ3) is 3.99. The van der Waals surface area contributed by atoms with Crippen molar-refractivity contribution in [3.8, 4) is 17.2 Å². The molecule has 0 aliphatic carbocycles. The molecule has 1 unspecified atom stereocenters. The fourth-order valence-electron chi connectivity index (χ4n) is 2.23. The summed E-state index contributed by atoms with van der Waals surface area (Å²) in [5, 5.41) is 3.39. The quantitative estimate of drug-likeness (QED) is 0.849. The molecule has 0 amide bonds. The lowest BCUT2D eigenvalue weighted by Crippen LogP contribution is -2.17. The first-order chi connectivity index (χ1) is 10.1. The van der Waals surface area contributed by atoms with Gasteiger partial charge in [0.2, 0.25) is 0 Å². The maximum Gasteiger partial charge on any atom is 0.169 e. The second-order valence-corrected chi connectivity index (χ2v) is 5.10. The Morgan fingerprint density at radius 3 is 2.38 bits per heavy atom. The van der Waals surface area contributed by atoms with Gasteiger partial charge in [-0.1, -0.05) is 25.1 Å². The Hall–Kier alpha value is -2.00. The van der Waals surface area contributed by atoms with E-state index in [0.717, 1.165) is 29.4 Å². The molecule has 0 radical (unpaired) electrons. The molecule has 0 aliphatic rings. The first kappa shape index (κ1) is 15.4. The maximum atomic E-state index is 5.90. The highest BCUT2D eigenvalue weighted by atomic mass is 16.5. The molecule has 0 aromatic heterocycles. The van der Waals surface area contributed by atoms with Gasteiger partial charge < -0.3 is 14.8 Å². The number of methoxy groups -OCH3 is 1. The van der Waals surface area contributed by atoms with Gasteiger partial charge in [0.05, 0.1) is 7.11 Å². The van der Waals surface area contributed by atoms with Crippen LogP contribution in [0.2, 0.25) is 0 Å². The molecule has 21 heavy (non-hydrogen) atoms. The Labute approximate surface area is 126 Å². The Bertz CT molecular complexity index is 578. The molecule has 112 valence electrons. The molecule has 0 saturated heterocycles. The lowest BCUT2D eigenvalue weighted by Gasteiger charge is -2.14. The Morgan fingerprint density at radius 1 is 1.05 bits per heavy atom. The molecule has 2 aromatic carbocycles. The van der Waals surface area contributed by atoms with Crippen LogP contribution < -0.4 is 14.8 Å². The standard InChI is InChI=1S/C18H23NO2/c1-5-19-14(3)15-7-9-16(10-8-15)21-17-11-6-13(2)12-18(17)20-4/h6-12,14,19H,5H2,1-4H3. The first-order valence-corrected chi connectivity index (χ1v) is 7.30. The summed E-state index contributed by atoms with van der Waals surface area (Å²) in [6.45, 7) is 7.25. The Morgan fingerprint density at radius 2 is 1.76 bits per heavy atom. The van der Waals surface area contributed by atoms with E-state index in [4.69, 9.17) is 9.47 Å². The minimum absolute atomic E-state index is 0.345. The van der Waals surface area contributed by atoms with Gasteiger partial charge in [0.1, 0.15) is 5.75 Å². The van der Waals surface area contributed by atoms with Crippen molar-refractivity contribution < 1.29 is 9.47 Å². The van der Waals surface area contributed by atoms with E-state index in [-0.39, 0.29) is 0 Å². The number of rotatable bonds is 6. The van der Waals surface area contributed by atoms with E-state index in [2.05, 4.69) is 31.3 Å². The van der Waals surface area contributed by atoms with Gasteiger partial charge in [0, 0.05) is 6.04 Å². The van der Waals surface area contributed by atoms with Gasteiger partial charge in [0.25, 0.3) is 0 Å². The summed E-state index contributed by atoms with van der Waals surface area (Å²) in [6, 6.07) is 14.4. The third-order valence-electron chi connectivity index (χ3n) is 3.44. The van der Waals surface area contributed by atoms with E-state index in [9.17, 15) is 0 Å². The number of nitrogens with one attached hydrogen (secondary N) is 1. The lowest BCUT2D eigenvalue weighted by atomic mass is 10.1. The van der Waals surface area contributed by atoms with Crippen LogP contribution in [0.5, 0.6) is 17.2 Å². The molecule has 3 heteroatoms. The molecule has 0 saturated carbocycles. The average molecular weight is 285 g/mol. The molecule has 3 nitrogen and oxygen atoms in total. The first-order valence-electron chi connectivity index (χ1n) is 7.30. The molecular weight excluding hydrogens is 262 g/mol. The average Bonchev–Trinajstić information content (AvgIpc) is 2.50. The predicted octanol–water partition coefficient (Wildman–Crippen LogP) is 4.47. The summed E-state index contributed by atoms with van der Waals surface area (Å²) in [4.78, 5) is 0. The highest BCUT2D eigenvalue weighted by Crippen LogP contribution is 2.32. The minimum Gasteiger partial charge on any atom is -0.493 e. The van der Waals surface area contributed by atoms with E-state index < -0.39 is 0 Å². The van der Waals surface area contributed by atoms with Gasteiger partial charge in [-0.15, -0.1) is 0 Å². The van der Waals surface area contributed by atoms with E-state index in [1.807, 2.05) is 37.3 Å². The molecular formula is C18H23NO2. The fourth-order valence-corrected chi connectivity index (χ4v) is 2.23. The van der Waals surface area contributed by atoms with Crippen LogP contribution >= 0.6 is 0 Å². The smallest absolute Gasteiger partial charge is 0.169 e. The van der Waals surface area contributed by atoms with Gasteiger partial charge in [-0.3, -0.25) is 0 Å². The van der Waals surface area contributed by atoms with E-state index >= 15 is 0 Å². The van der Waals surface area contributed by atoms with Gasteiger partial charge in [0.15, 0.2) is 11.5 Å². The number of hydrogen-bond donors (Lipinski definition) is 1. The topological polar surface area (TPSA) is 30.5 Å². The van der Waals surface area contributed by atoms with Crippen LogP contribution in [0.4, 0.5) is 0 Å². The largest absolute Gasteiger partial charge is 0.493 e. The van der Waals surface area contributed by atoms with Gasteiger partial charge >= 0.3 is 0 Å². The number of aryl methyl sites for hydroxylation is 1.